The van der Waals surface area contributed by atoms with E-state index >= 15 is 0 Å². The molecule has 7 heteroatoms. The molecule has 0 atom stereocenters. The Hall–Kier alpha value is -12.6. The summed E-state index contributed by atoms with van der Waals surface area (Å²) in [6.45, 7) is 1.02. The summed E-state index contributed by atoms with van der Waals surface area (Å²) in [5.74, 6) is 1.94. The van der Waals surface area contributed by atoms with E-state index in [1.54, 1.807) is 0 Å². The molecule has 0 spiro atoms. The third-order valence-electron chi connectivity index (χ3n) is 18.7. The minimum absolute atomic E-state index is 0.637. The first-order chi connectivity index (χ1) is 46.6. The van der Waals surface area contributed by atoms with Crippen LogP contribution >= 0.6 is 0 Å². The number of hydrogen-bond donors (Lipinski definition) is 0. The summed E-state index contributed by atoms with van der Waals surface area (Å²) in [5, 5.41) is 15.2. The molecule has 0 unspecified atom stereocenters. The second-order valence-corrected chi connectivity index (χ2v) is 24.1. The van der Waals surface area contributed by atoms with Crippen molar-refractivity contribution in [3.63, 3.8) is 0 Å². The molecule has 5 aromatic heterocycles. The van der Waals surface area contributed by atoms with Crippen LogP contribution in [-0.4, -0.2) is 28.7 Å². The van der Waals surface area contributed by atoms with E-state index < -0.39 is 0 Å². The van der Waals surface area contributed by atoms with Crippen molar-refractivity contribution in [2.45, 2.75) is 6.54 Å². The summed E-state index contributed by atoms with van der Waals surface area (Å²) in [7, 11) is 0. The van der Waals surface area contributed by atoms with Crippen LogP contribution in [0.15, 0.2) is 340 Å². The molecule has 0 fully saturated rings. The highest BCUT2D eigenvalue weighted by molar-refractivity contribution is 6.29. The Balaban J connectivity index is 0.000000122. The van der Waals surface area contributed by atoms with E-state index in [4.69, 9.17) is 15.0 Å². The molecule has 1 aliphatic heterocycles. The fourth-order valence-corrected chi connectivity index (χ4v) is 14.5. The number of rotatable bonds is 6. The molecule has 0 radical (unpaired) electrons. The summed E-state index contributed by atoms with van der Waals surface area (Å²) in [6.07, 6.45) is 2.13. The van der Waals surface area contributed by atoms with E-state index in [0.29, 0.717) is 17.5 Å². The van der Waals surface area contributed by atoms with Crippen LogP contribution in [-0.2, 0) is 6.54 Å². The van der Waals surface area contributed by atoms with Crippen LogP contribution in [0.4, 0.5) is 0 Å². The van der Waals surface area contributed by atoms with Gasteiger partial charge < -0.3 is 13.7 Å². The highest BCUT2D eigenvalue weighted by atomic mass is 15.0. The van der Waals surface area contributed by atoms with Crippen LogP contribution in [0.2, 0.25) is 0 Å². The first-order valence-electron chi connectivity index (χ1n) is 32.0. The molecule has 94 heavy (non-hydrogen) atoms. The summed E-state index contributed by atoms with van der Waals surface area (Å²) in [4.78, 5) is 14.9. The van der Waals surface area contributed by atoms with E-state index in [1.165, 1.54) is 115 Å². The number of para-hydroxylation sites is 5. The lowest BCUT2D eigenvalue weighted by Crippen LogP contribution is -2.31. The molecule has 7 nitrogen and oxygen atoms in total. The molecule has 440 valence electrons. The molecule has 0 N–H and O–H groups in total. The third-order valence-corrected chi connectivity index (χ3v) is 18.7. The molecular weight excluding hydrogens is 1140 g/mol. The van der Waals surface area contributed by atoms with Crippen LogP contribution in [0.1, 0.15) is 5.56 Å². The molecule has 19 aromatic rings. The predicted molar refractivity (Wildman–Crippen MR) is 389 cm³/mol. The van der Waals surface area contributed by atoms with Gasteiger partial charge in [-0.2, -0.15) is 4.57 Å². The van der Waals surface area contributed by atoms with Gasteiger partial charge in [-0.05, 0) is 123 Å². The van der Waals surface area contributed by atoms with Crippen LogP contribution in [0.5, 0.6) is 0 Å². The minimum Gasteiger partial charge on any atom is -0.309 e. The lowest BCUT2D eigenvalue weighted by Gasteiger charge is -2.13. The topological polar surface area (TPSA) is 57.3 Å². The van der Waals surface area contributed by atoms with Crippen LogP contribution in [0.3, 0.4) is 0 Å². The molecule has 0 amide bonds. The van der Waals surface area contributed by atoms with Crippen molar-refractivity contribution in [3.05, 3.63) is 345 Å². The largest absolute Gasteiger partial charge is 0.309 e. The van der Waals surface area contributed by atoms with E-state index in [1.807, 2.05) is 60.7 Å². The van der Waals surface area contributed by atoms with Gasteiger partial charge >= 0.3 is 0 Å². The molecule has 6 heterocycles. The van der Waals surface area contributed by atoms with Crippen LogP contribution in [0.25, 0.3) is 160 Å². The smallest absolute Gasteiger partial charge is 0.213 e. The molecule has 1 aliphatic rings. The fourth-order valence-electron chi connectivity index (χ4n) is 14.5. The maximum Gasteiger partial charge on any atom is 0.213 e. The van der Waals surface area contributed by atoms with Crippen molar-refractivity contribution < 1.29 is 4.57 Å². The van der Waals surface area contributed by atoms with Gasteiger partial charge in [0.05, 0.1) is 38.7 Å². The lowest BCUT2D eigenvalue weighted by atomic mass is 9.93. The first kappa shape index (κ1) is 54.4. The van der Waals surface area contributed by atoms with Crippen molar-refractivity contribution >= 4 is 97.7 Å². The second kappa shape index (κ2) is 22.7. The van der Waals surface area contributed by atoms with Crippen molar-refractivity contribution in [2.75, 3.05) is 0 Å². The average molecular weight is 1200 g/mol. The number of benzene rings is 14. The molecular formula is C87H58N7+. The Morgan fingerprint density at radius 2 is 0.585 bits per heavy atom. The molecule has 0 saturated carbocycles. The van der Waals surface area contributed by atoms with Crippen LogP contribution < -0.4 is 4.57 Å². The van der Waals surface area contributed by atoms with Gasteiger partial charge in [0.1, 0.15) is 0 Å². The predicted octanol–water partition coefficient (Wildman–Crippen LogP) is 21.3. The highest BCUT2D eigenvalue weighted by Gasteiger charge is 2.25. The SMILES string of the molecule is c1ccc(-c2nc(-c3ccccc3)nc(-c3cccc(-n4c5ccccc5c5cc6c7ccccc7c7ccccc7c6cc54)c3)n2)cc1.c1ccc(-n2c3ccccc3c3cc4c(cc32)c2ccccc2n4-c2ccccc2)cc1.c1ccc2c(c1)C[n+]1ccccc1-2. The Labute approximate surface area is 542 Å². The molecule has 20 rings (SSSR count). The van der Waals surface area contributed by atoms with Crippen molar-refractivity contribution in [1.82, 2.24) is 28.7 Å². The zero-order chi connectivity index (χ0) is 62.1. The third kappa shape index (κ3) is 9.20. The van der Waals surface area contributed by atoms with Gasteiger partial charge in [0.2, 0.25) is 5.69 Å². The fraction of sp³-hybridized carbons (Fsp3) is 0.0115. The van der Waals surface area contributed by atoms with E-state index in [9.17, 15) is 0 Å². The Morgan fingerprint density at radius 3 is 1.10 bits per heavy atom. The van der Waals surface area contributed by atoms with Crippen molar-refractivity contribution in [2.24, 2.45) is 0 Å². The number of pyridine rings is 1. The maximum atomic E-state index is 5.02. The summed E-state index contributed by atoms with van der Waals surface area (Å²) in [6, 6.07) is 118. The number of hydrogen-bond acceptors (Lipinski definition) is 3. The maximum absolute atomic E-state index is 5.02. The second-order valence-electron chi connectivity index (χ2n) is 24.1. The quantitative estimate of drug-likeness (QED) is 0.123. The lowest BCUT2D eigenvalue weighted by molar-refractivity contribution is -0.672. The number of nitrogens with zero attached hydrogens (tertiary/aromatic N) is 7. The molecule has 0 bridgehead atoms. The van der Waals surface area contributed by atoms with Gasteiger partial charge in [0, 0.05) is 83.8 Å². The van der Waals surface area contributed by atoms with Gasteiger partial charge in [-0.3, -0.25) is 0 Å². The molecule has 14 aromatic carbocycles. The highest BCUT2D eigenvalue weighted by Crippen LogP contribution is 2.43. The Morgan fingerprint density at radius 1 is 0.234 bits per heavy atom. The first-order valence-corrected chi connectivity index (χ1v) is 32.0. The zero-order valence-electron chi connectivity index (χ0n) is 51.2. The van der Waals surface area contributed by atoms with E-state index in [-0.39, 0.29) is 0 Å². The summed E-state index contributed by atoms with van der Waals surface area (Å²) in [5.41, 5.74) is 17.6. The molecule has 0 saturated heterocycles. The van der Waals surface area contributed by atoms with E-state index in [2.05, 4.69) is 297 Å². The standard InChI is InChI=1S/C45H28N4.C30H20N2.C12H10N/c1-3-14-29(15-4-1)43-46-44(30-16-5-2-6-17-30)48-45(47-43)31-18-13-19-32(26-31)49-41-25-12-11-24-37(41)40-27-38-35-22-9-7-20-33(35)34-21-8-10-23-36(34)39(38)28-42(40)49;1-3-11-21(12-4-1)31-27-17-9-7-15-23(27)25-20-30-26(19-29(25)31)24-16-8-10-18-28(24)32(30)22-13-5-2-6-14-22;1-2-6-11-10(5-1)9-13-8-4-3-7-12(11)13/h1-28H;1-20H;1-8H,9H2/q;;+1. The Bertz CT molecular complexity index is 5890. The van der Waals surface area contributed by atoms with Gasteiger partial charge in [-0.1, -0.05) is 231 Å². The summed E-state index contributed by atoms with van der Waals surface area (Å²) < 4.78 is 9.44. The number of aromatic nitrogens is 7. The van der Waals surface area contributed by atoms with Crippen LogP contribution in [0, 0.1) is 0 Å². The Kier molecular flexibility index (Phi) is 13.1. The summed E-state index contributed by atoms with van der Waals surface area (Å²) >= 11 is 0. The van der Waals surface area contributed by atoms with Crippen molar-refractivity contribution in [1.29, 1.82) is 0 Å². The normalized spacial score (nSPS) is 11.8. The van der Waals surface area contributed by atoms with Crippen molar-refractivity contribution in [3.8, 4) is 62.5 Å². The number of fused-ring (bicyclic) bond motifs is 18. The van der Waals surface area contributed by atoms with Gasteiger partial charge in [-0.25, -0.2) is 15.0 Å². The minimum atomic E-state index is 0.637. The molecule has 0 aliphatic carbocycles. The zero-order valence-corrected chi connectivity index (χ0v) is 51.2. The van der Waals surface area contributed by atoms with Gasteiger partial charge in [-0.15, -0.1) is 0 Å². The monoisotopic (exact) mass is 1200 g/mol. The van der Waals surface area contributed by atoms with E-state index in [0.717, 1.165) is 40.0 Å². The van der Waals surface area contributed by atoms with Gasteiger partial charge in [0.25, 0.3) is 0 Å². The average Bonchev–Trinajstić information content (AvgIpc) is 1.50. The van der Waals surface area contributed by atoms with Gasteiger partial charge in [0.15, 0.2) is 30.2 Å².